The fourth-order valence-corrected chi connectivity index (χ4v) is 3.61. The summed E-state index contributed by atoms with van der Waals surface area (Å²) < 4.78 is 5.34. The number of para-hydroxylation sites is 1. The summed E-state index contributed by atoms with van der Waals surface area (Å²) in [6, 6.07) is 12.5. The molecule has 130 valence electrons. The summed E-state index contributed by atoms with van der Waals surface area (Å²) in [7, 11) is 0. The zero-order chi connectivity index (χ0) is 18.1. The summed E-state index contributed by atoms with van der Waals surface area (Å²) in [5, 5.41) is 0.383. The molecule has 1 aliphatic heterocycles. The minimum Gasteiger partial charge on any atom is -0.449 e. The van der Waals surface area contributed by atoms with E-state index in [1.807, 2.05) is 31.2 Å². The van der Waals surface area contributed by atoms with Crippen molar-refractivity contribution in [3.8, 4) is 0 Å². The predicted molar refractivity (Wildman–Crippen MR) is 98.4 cm³/mol. The molecule has 6 heteroatoms. The number of hydrogen-bond acceptors (Lipinski definition) is 3. The summed E-state index contributed by atoms with van der Waals surface area (Å²) in [5.41, 5.74) is 2.04. The normalized spacial score (nSPS) is 17.1. The quantitative estimate of drug-likeness (QED) is 0.738. The van der Waals surface area contributed by atoms with Crippen LogP contribution >= 0.6 is 23.2 Å². The number of carbonyl (C=O) groups excluding carboxylic acids is 2. The van der Waals surface area contributed by atoms with Crippen LogP contribution in [0.1, 0.15) is 29.8 Å². The van der Waals surface area contributed by atoms with Gasteiger partial charge < -0.3 is 9.64 Å². The molecule has 25 heavy (non-hydrogen) atoms. The monoisotopic (exact) mass is 377 g/mol. The lowest BCUT2D eigenvalue weighted by Gasteiger charge is -2.26. The van der Waals surface area contributed by atoms with E-state index in [0.717, 1.165) is 17.7 Å². The highest BCUT2D eigenvalue weighted by atomic mass is 35.5. The predicted octanol–water partition coefficient (Wildman–Crippen LogP) is 4.52. The Morgan fingerprint density at radius 3 is 2.44 bits per heavy atom. The van der Waals surface area contributed by atoms with Gasteiger partial charge in [0, 0.05) is 11.7 Å². The van der Waals surface area contributed by atoms with Gasteiger partial charge in [0.2, 0.25) is 0 Å². The maximum atomic E-state index is 12.8. The smallest absolute Gasteiger partial charge is 0.341 e. The molecule has 1 heterocycles. The molecule has 0 bridgehead atoms. The van der Waals surface area contributed by atoms with E-state index in [1.54, 1.807) is 30.0 Å². The SMILES string of the molecule is C[C@H](OC(=O)c1c(Cl)cccc1Cl)C(=O)N1c2ccccc2C[C@H]1C. The van der Waals surface area contributed by atoms with Gasteiger partial charge in [-0.3, -0.25) is 4.79 Å². The number of esters is 1. The van der Waals surface area contributed by atoms with Gasteiger partial charge in [-0.25, -0.2) is 4.79 Å². The molecule has 0 aliphatic carbocycles. The highest BCUT2D eigenvalue weighted by Crippen LogP contribution is 2.33. The standard InChI is InChI=1S/C19H17Cl2NO3/c1-11-10-13-6-3-4-9-16(13)22(11)18(23)12(2)25-19(24)17-14(20)7-5-8-15(17)21/h3-9,11-12H,10H2,1-2H3/t11-,12+/m1/s1. The Morgan fingerprint density at radius 2 is 1.76 bits per heavy atom. The molecule has 0 saturated heterocycles. The Hall–Kier alpha value is -2.04. The zero-order valence-corrected chi connectivity index (χ0v) is 15.3. The summed E-state index contributed by atoms with van der Waals surface area (Å²) in [6.45, 7) is 3.52. The molecule has 0 fully saturated rings. The third kappa shape index (κ3) is 3.37. The molecule has 2 aromatic carbocycles. The van der Waals surface area contributed by atoms with Crippen LogP contribution in [0.15, 0.2) is 42.5 Å². The van der Waals surface area contributed by atoms with Crippen LogP contribution in [0, 0.1) is 0 Å². The summed E-state index contributed by atoms with van der Waals surface area (Å²) >= 11 is 12.0. The highest BCUT2D eigenvalue weighted by molar-refractivity contribution is 6.39. The fourth-order valence-electron chi connectivity index (χ4n) is 3.06. The van der Waals surface area contributed by atoms with Crippen molar-refractivity contribution in [2.24, 2.45) is 0 Å². The third-order valence-corrected chi connectivity index (χ3v) is 4.87. The maximum absolute atomic E-state index is 12.8. The van der Waals surface area contributed by atoms with Crippen LogP contribution in [0.3, 0.4) is 0 Å². The molecule has 0 aromatic heterocycles. The molecule has 0 spiro atoms. The summed E-state index contributed by atoms with van der Waals surface area (Å²) in [4.78, 5) is 26.9. The largest absolute Gasteiger partial charge is 0.449 e. The average Bonchev–Trinajstić information content (AvgIpc) is 2.89. The Kier molecular flexibility index (Phi) is 5.02. The van der Waals surface area contributed by atoms with Crippen molar-refractivity contribution in [2.45, 2.75) is 32.4 Å². The molecule has 0 unspecified atom stereocenters. The van der Waals surface area contributed by atoms with E-state index >= 15 is 0 Å². The number of carbonyl (C=O) groups is 2. The minimum absolute atomic E-state index is 0.00922. The van der Waals surface area contributed by atoms with Gasteiger partial charge in [0.15, 0.2) is 6.10 Å². The summed E-state index contributed by atoms with van der Waals surface area (Å²) in [5.74, 6) is -0.981. The molecule has 0 radical (unpaired) electrons. The molecule has 0 saturated carbocycles. The number of amides is 1. The Balaban J connectivity index is 1.79. The van der Waals surface area contributed by atoms with E-state index in [1.165, 1.54) is 0 Å². The lowest BCUT2D eigenvalue weighted by atomic mass is 10.1. The van der Waals surface area contributed by atoms with Gasteiger partial charge in [-0.1, -0.05) is 47.5 Å². The molecule has 4 nitrogen and oxygen atoms in total. The second-order valence-corrected chi connectivity index (χ2v) is 6.85. The van der Waals surface area contributed by atoms with Crippen LogP contribution in [0.25, 0.3) is 0 Å². The second kappa shape index (κ2) is 7.06. The van der Waals surface area contributed by atoms with Gasteiger partial charge in [-0.05, 0) is 44.0 Å². The number of ether oxygens (including phenoxy) is 1. The van der Waals surface area contributed by atoms with Gasteiger partial charge in [-0.2, -0.15) is 0 Å². The van der Waals surface area contributed by atoms with Crippen LogP contribution in [0.2, 0.25) is 10.0 Å². The first kappa shape index (κ1) is 17.8. The van der Waals surface area contributed by atoms with Crippen LogP contribution in [0.4, 0.5) is 5.69 Å². The Bertz CT molecular complexity index is 817. The van der Waals surface area contributed by atoms with Crippen LogP contribution in [-0.4, -0.2) is 24.0 Å². The Morgan fingerprint density at radius 1 is 1.12 bits per heavy atom. The van der Waals surface area contributed by atoms with Crippen LogP contribution < -0.4 is 4.90 Å². The zero-order valence-electron chi connectivity index (χ0n) is 13.8. The molecular formula is C19H17Cl2NO3. The lowest BCUT2D eigenvalue weighted by Crippen LogP contribution is -2.43. The first-order valence-electron chi connectivity index (χ1n) is 7.96. The van der Waals surface area contributed by atoms with Gasteiger partial charge in [0.25, 0.3) is 5.91 Å². The maximum Gasteiger partial charge on any atom is 0.341 e. The summed E-state index contributed by atoms with van der Waals surface area (Å²) in [6.07, 6.45) is -0.174. The topological polar surface area (TPSA) is 46.6 Å². The molecule has 2 aromatic rings. The number of hydrogen-bond donors (Lipinski definition) is 0. The van der Waals surface area contributed by atoms with Crippen molar-refractivity contribution in [1.29, 1.82) is 0 Å². The van der Waals surface area contributed by atoms with Gasteiger partial charge >= 0.3 is 5.97 Å². The Labute approximate surface area is 156 Å². The molecule has 3 rings (SSSR count). The highest BCUT2D eigenvalue weighted by Gasteiger charge is 2.34. The molecule has 1 aliphatic rings. The first-order valence-corrected chi connectivity index (χ1v) is 8.71. The van der Waals surface area contributed by atoms with E-state index in [-0.39, 0.29) is 27.6 Å². The molecule has 2 atom stereocenters. The van der Waals surface area contributed by atoms with Crippen molar-refractivity contribution in [3.63, 3.8) is 0 Å². The van der Waals surface area contributed by atoms with Gasteiger partial charge in [0.1, 0.15) is 0 Å². The lowest BCUT2D eigenvalue weighted by molar-refractivity contribution is -0.126. The van der Waals surface area contributed by atoms with Crippen molar-refractivity contribution >= 4 is 40.8 Å². The van der Waals surface area contributed by atoms with Crippen molar-refractivity contribution in [1.82, 2.24) is 0 Å². The van der Waals surface area contributed by atoms with Crippen LogP contribution in [-0.2, 0) is 16.0 Å². The van der Waals surface area contributed by atoms with E-state index in [0.29, 0.717) is 0 Å². The van der Waals surface area contributed by atoms with Crippen molar-refractivity contribution < 1.29 is 14.3 Å². The van der Waals surface area contributed by atoms with Gasteiger partial charge in [-0.15, -0.1) is 0 Å². The van der Waals surface area contributed by atoms with Crippen molar-refractivity contribution in [2.75, 3.05) is 4.90 Å². The number of benzene rings is 2. The fraction of sp³-hybridized carbons (Fsp3) is 0.263. The average molecular weight is 378 g/mol. The number of halogens is 2. The molecule has 1 amide bonds. The van der Waals surface area contributed by atoms with E-state index in [2.05, 4.69) is 0 Å². The molecule has 0 N–H and O–H groups in total. The van der Waals surface area contributed by atoms with E-state index < -0.39 is 12.1 Å². The number of rotatable bonds is 3. The second-order valence-electron chi connectivity index (χ2n) is 6.03. The molecular weight excluding hydrogens is 361 g/mol. The first-order chi connectivity index (χ1) is 11.9. The van der Waals surface area contributed by atoms with E-state index in [9.17, 15) is 9.59 Å². The number of nitrogens with zero attached hydrogens (tertiary/aromatic N) is 1. The number of anilines is 1. The van der Waals surface area contributed by atoms with E-state index in [4.69, 9.17) is 27.9 Å². The van der Waals surface area contributed by atoms with Crippen LogP contribution in [0.5, 0.6) is 0 Å². The van der Waals surface area contributed by atoms with Crippen molar-refractivity contribution in [3.05, 3.63) is 63.6 Å². The van der Waals surface area contributed by atoms with Gasteiger partial charge in [0.05, 0.1) is 15.6 Å². The number of fused-ring (bicyclic) bond motifs is 1. The third-order valence-electron chi connectivity index (χ3n) is 4.24. The minimum atomic E-state index is -0.951.